The van der Waals surface area contributed by atoms with E-state index in [-0.39, 0.29) is 43.2 Å². The largest absolute Gasteiger partial charge is 0.459 e. The van der Waals surface area contributed by atoms with Gasteiger partial charge in [0, 0.05) is 12.6 Å². The zero-order valence-corrected chi connectivity index (χ0v) is 15.3. The van der Waals surface area contributed by atoms with Crippen LogP contribution >= 0.6 is 24.8 Å². The molecule has 2 unspecified atom stereocenters. The van der Waals surface area contributed by atoms with Crippen molar-refractivity contribution in [2.75, 3.05) is 13.1 Å². The van der Waals surface area contributed by atoms with Gasteiger partial charge in [-0.3, -0.25) is 4.79 Å². The first-order valence-corrected chi connectivity index (χ1v) is 7.63. The van der Waals surface area contributed by atoms with E-state index < -0.39 is 0 Å². The van der Waals surface area contributed by atoms with E-state index >= 15 is 0 Å². The third kappa shape index (κ3) is 4.75. The molecule has 24 heavy (non-hydrogen) atoms. The minimum atomic E-state index is -0.0251. The van der Waals surface area contributed by atoms with Crippen LogP contribution in [0.1, 0.15) is 24.8 Å². The number of amides is 1. The lowest BCUT2D eigenvalue weighted by molar-refractivity contribution is -0.121. The molecule has 1 saturated heterocycles. The first-order valence-electron chi connectivity index (χ1n) is 7.63. The van der Waals surface area contributed by atoms with Gasteiger partial charge in [-0.25, -0.2) is 4.98 Å². The monoisotopic (exact) mass is 375 g/mol. The summed E-state index contributed by atoms with van der Waals surface area (Å²) in [5.74, 6) is 2.10. The number of hydrogen-bond donors (Lipinski definition) is 2. The highest BCUT2D eigenvalue weighted by molar-refractivity contribution is 5.85. The van der Waals surface area contributed by atoms with E-state index in [2.05, 4.69) is 22.5 Å². The molecular formula is C16H23Cl2N3O3. The zero-order valence-electron chi connectivity index (χ0n) is 13.7. The number of aromatic nitrogens is 1. The highest BCUT2D eigenvalue weighted by atomic mass is 35.5. The highest BCUT2D eigenvalue weighted by Crippen LogP contribution is 2.22. The van der Waals surface area contributed by atoms with Crippen LogP contribution in [0.2, 0.25) is 0 Å². The van der Waals surface area contributed by atoms with Crippen molar-refractivity contribution in [1.82, 2.24) is 15.6 Å². The SMILES string of the molecule is Cc1oc(-c2ccco2)nc1CC(=O)NC1CNCCC1C.Cl.Cl. The van der Waals surface area contributed by atoms with Gasteiger partial charge in [0.2, 0.25) is 5.91 Å². The van der Waals surface area contributed by atoms with Crippen molar-refractivity contribution >= 4 is 30.7 Å². The van der Waals surface area contributed by atoms with Crippen LogP contribution in [0.4, 0.5) is 0 Å². The Labute approximate surface area is 153 Å². The van der Waals surface area contributed by atoms with Crippen LogP contribution in [-0.2, 0) is 11.2 Å². The lowest BCUT2D eigenvalue weighted by atomic mass is 9.94. The third-order valence-corrected chi connectivity index (χ3v) is 4.13. The van der Waals surface area contributed by atoms with Crippen LogP contribution in [0, 0.1) is 12.8 Å². The molecule has 1 aliphatic heterocycles. The Morgan fingerprint density at radius 3 is 2.92 bits per heavy atom. The molecule has 2 N–H and O–H groups in total. The van der Waals surface area contributed by atoms with Gasteiger partial charge in [0.25, 0.3) is 5.89 Å². The second-order valence-corrected chi connectivity index (χ2v) is 5.82. The van der Waals surface area contributed by atoms with E-state index in [4.69, 9.17) is 8.83 Å². The maximum Gasteiger partial charge on any atom is 0.263 e. The first kappa shape index (κ1) is 20.5. The Morgan fingerprint density at radius 2 is 2.25 bits per heavy atom. The minimum absolute atomic E-state index is 0. The minimum Gasteiger partial charge on any atom is -0.459 e. The number of halogens is 2. The Bertz CT molecular complexity index is 643. The Kier molecular flexibility index (Phi) is 7.79. The molecule has 1 amide bonds. The predicted octanol–water partition coefficient (Wildman–Crippen LogP) is 2.74. The number of piperidine rings is 1. The van der Waals surface area contributed by atoms with E-state index in [1.807, 2.05) is 6.92 Å². The van der Waals surface area contributed by atoms with Gasteiger partial charge in [-0.05, 0) is 37.9 Å². The molecule has 0 aliphatic carbocycles. The molecule has 134 valence electrons. The molecule has 6 nitrogen and oxygen atoms in total. The fourth-order valence-electron chi connectivity index (χ4n) is 2.69. The summed E-state index contributed by atoms with van der Waals surface area (Å²) in [7, 11) is 0. The molecule has 0 saturated carbocycles. The molecule has 8 heteroatoms. The van der Waals surface area contributed by atoms with Crippen LogP contribution in [0.3, 0.4) is 0 Å². The smallest absolute Gasteiger partial charge is 0.263 e. The van der Waals surface area contributed by atoms with E-state index in [1.165, 1.54) is 0 Å². The van der Waals surface area contributed by atoms with Crippen molar-refractivity contribution in [3.63, 3.8) is 0 Å². The number of furan rings is 1. The molecule has 0 radical (unpaired) electrons. The first-order chi connectivity index (χ1) is 10.6. The third-order valence-electron chi connectivity index (χ3n) is 4.13. The molecule has 0 bridgehead atoms. The molecule has 2 aromatic heterocycles. The van der Waals surface area contributed by atoms with E-state index in [9.17, 15) is 4.79 Å². The van der Waals surface area contributed by atoms with Gasteiger partial charge in [-0.2, -0.15) is 0 Å². The van der Waals surface area contributed by atoms with Crippen molar-refractivity contribution in [1.29, 1.82) is 0 Å². The summed E-state index contributed by atoms with van der Waals surface area (Å²) in [5, 5.41) is 6.39. The zero-order chi connectivity index (χ0) is 15.5. The Balaban J connectivity index is 0.00000144. The molecule has 2 atom stereocenters. The van der Waals surface area contributed by atoms with Crippen LogP contribution in [0.15, 0.2) is 27.2 Å². The van der Waals surface area contributed by atoms with Crippen molar-refractivity contribution in [3.05, 3.63) is 29.9 Å². The van der Waals surface area contributed by atoms with Gasteiger partial charge in [0.15, 0.2) is 5.76 Å². The number of nitrogens with one attached hydrogen (secondary N) is 2. The molecule has 2 aromatic rings. The summed E-state index contributed by atoms with van der Waals surface area (Å²) in [6.07, 6.45) is 2.87. The number of carbonyl (C=O) groups excluding carboxylic acids is 1. The fourth-order valence-corrected chi connectivity index (χ4v) is 2.69. The molecule has 1 aliphatic rings. The number of rotatable bonds is 4. The van der Waals surface area contributed by atoms with E-state index in [0.29, 0.717) is 29.0 Å². The van der Waals surface area contributed by atoms with Crippen LogP contribution < -0.4 is 10.6 Å². The van der Waals surface area contributed by atoms with E-state index in [1.54, 1.807) is 18.4 Å². The lowest BCUT2D eigenvalue weighted by Crippen LogP contribution is -2.50. The van der Waals surface area contributed by atoms with Crippen molar-refractivity contribution in [3.8, 4) is 11.7 Å². The average molecular weight is 376 g/mol. The quantitative estimate of drug-likeness (QED) is 0.858. The van der Waals surface area contributed by atoms with Gasteiger partial charge >= 0.3 is 0 Å². The van der Waals surface area contributed by atoms with Gasteiger partial charge in [-0.1, -0.05) is 6.92 Å². The Morgan fingerprint density at radius 1 is 1.46 bits per heavy atom. The fraction of sp³-hybridized carbons (Fsp3) is 0.500. The van der Waals surface area contributed by atoms with Gasteiger partial charge in [0.1, 0.15) is 5.76 Å². The summed E-state index contributed by atoms with van der Waals surface area (Å²) < 4.78 is 10.8. The van der Waals surface area contributed by atoms with Crippen molar-refractivity contribution in [2.24, 2.45) is 5.92 Å². The maximum absolute atomic E-state index is 12.2. The van der Waals surface area contributed by atoms with Crippen molar-refractivity contribution < 1.29 is 13.6 Å². The normalized spacial score (nSPS) is 19.9. The summed E-state index contributed by atoms with van der Waals surface area (Å²) in [5.41, 5.74) is 0.653. The topological polar surface area (TPSA) is 80.3 Å². The van der Waals surface area contributed by atoms with Gasteiger partial charge in [0.05, 0.1) is 18.4 Å². The molecule has 3 rings (SSSR count). The molecule has 0 spiro atoms. The Hall–Kier alpha value is -1.50. The van der Waals surface area contributed by atoms with Crippen LogP contribution in [0.25, 0.3) is 11.7 Å². The standard InChI is InChI=1S/C16H21N3O3.2ClH/c1-10-5-6-17-9-13(10)18-15(20)8-12-11(2)22-16(19-12)14-4-3-7-21-14;;/h3-4,7,10,13,17H,5-6,8-9H2,1-2H3,(H,18,20);2*1H. The summed E-state index contributed by atoms with van der Waals surface area (Å²) in [4.78, 5) is 16.6. The van der Waals surface area contributed by atoms with Gasteiger partial charge < -0.3 is 19.5 Å². The number of nitrogens with zero attached hydrogens (tertiary/aromatic N) is 1. The molecule has 3 heterocycles. The summed E-state index contributed by atoms with van der Waals surface area (Å²) >= 11 is 0. The average Bonchev–Trinajstić information content (AvgIpc) is 3.12. The van der Waals surface area contributed by atoms with Crippen LogP contribution in [-0.4, -0.2) is 30.0 Å². The second-order valence-electron chi connectivity index (χ2n) is 5.82. The summed E-state index contributed by atoms with van der Waals surface area (Å²) in [6, 6.07) is 3.74. The highest BCUT2D eigenvalue weighted by Gasteiger charge is 2.23. The number of aryl methyl sites for hydroxylation is 1. The number of carbonyl (C=O) groups is 1. The molecular weight excluding hydrogens is 353 g/mol. The van der Waals surface area contributed by atoms with Gasteiger partial charge in [-0.15, -0.1) is 24.8 Å². The van der Waals surface area contributed by atoms with Crippen LogP contribution in [0.5, 0.6) is 0 Å². The van der Waals surface area contributed by atoms with Crippen molar-refractivity contribution in [2.45, 2.75) is 32.7 Å². The van der Waals surface area contributed by atoms with E-state index in [0.717, 1.165) is 19.5 Å². The number of hydrogen-bond acceptors (Lipinski definition) is 5. The summed E-state index contributed by atoms with van der Waals surface area (Å²) in [6.45, 7) is 5.82. The maximum atomic E-state index is 12.2. The molecule has 0 aromatic carbocycles. The molecule has 1 fully saturated rings. The second kappa shape index (κ2) is 9.11. The number of oxazole rings is 1. The lowest BCUT2D eigenvalue weighted by Gasteiger charge is -2.30. The predicted molar refractivity (Wildman–Crippen MR) is 95.7 cm³/mol.